The highest BCUT2D eigenvalue weighted by Gasteiger charge is 2.20. The van der Waals surface area contributed by atoms with Crippen LogP contribution in [0, 0.1) is 0 Å². The van der Waals surface area contributed by atoms with Gasteiger partial charge in [0.2, 0.25) is 0 Å². The standard InChI is InChI=1S/C18H20N2O2/c1-14(11-12-21)20(13-15-7-3-2-4-8-15)18-19-16-9-5-6-10-17(16)22-18/h2-10,14,21H,11-13H2,1H3. The summed E-state index contributed by atoms with van der Waals surface area (Å²) in [6.45, 7) is 2.93. The Kier molecular flexibility index (Phi) is 4.39. The molecule has 1 N–H and O–H groups in total. The number of aromatic nitrogens is 1. The van der Waals surface area contributed by atoms with Gasteiger partial charge in [0.05, 0.1) is 0 Å². The van der Waals surface area contributed by atoms with E-state index in [1.165, 1.54) is 5.56 Å². The molecule has 0 aliphatic heterocycles. The van der Waals surface area contributed by atoms with Gasteiger partial charge >= 0.3 is 0 Å². The molecule has 22 heavy (non-hydrogen) atoms. The largest absolute Gasteiger partial charge is 0.423 e. The number of aliphatic hydroxyl groups is 1. The zero-order valence-corrected chi connectivity index (χ0v) is 12.6. The van der Waals surface area contributed by atoms with Crippen molar-refractivity contribution >= 4 is 17.1 Å². The van der Waals surface area contributed by atoms with Crippen molar-refractivity contribution in [2.45, 2.75) is 25.9 Å². The highest BCUT2D eigenvalue weighted by Crippen LogP contribution is 2.25. The Morgan fingerprint density at radius 1 is 1.09 bits per heavy atom. The van der Waals surface area contributed by atoms with Crippen LogP contribution in [0.3, 0.4) is 0 Å². The van der Waals surface area contributed by atoms with Gasteiger partial charge in [0.15, 0.2) is 5.58 Å². The Morgan fingerprint density at radius 2 is 1.82 bits per heavy atom. The maximum absolute atomic E-state index is 9.26. The average molecular weight is 296 g/mol. The predicted molar refractivity (Wildman–Crippen MR) is 87.8 cm³/mol. The zero-order chi connectivity index (χ0) is 15.4. The van der Waals surface area contributed by atoms with Gasteiger partial charge in [-0.2, -0.15) is 4.98 Å². The van der Waals surface area contributed by atoms with Crippen LogP contribution in [0.5, 0.6) is 0 Å². The minimum Gasteiger partial charge on any atom is -0.423 e. The molecule has 1 heterocycles. The molecule has 4 heteroatoms. The molecule has 0 saturated heterocycles. The van der Waals surface area contributed by atoms with E-state index in [-0.39, 0.29) is 12.6 Å². The normalized spacial score (nSPS) is 12.5. The summed E-state index contributed by atoms with van der Waals surface area (Å²) in [6, 6.07) is 18.7. The predicted octanol–water partition coefficient (Wildman–Crippen LogP) is 3.61. The van der Waals surface area contributed by atoms with Crippen LogP contribution in [0.1, 0.15) is 18.9 Å². The molecule has 1 atom stereocenters. The summed E-state index contributed by atoms with van der Waals surface area (Å²) in [5, 5.41) is 9.26. The molecule has 0 radical (unpaired) electrons. The lowest BCUT2D eigenvalue weighted by Crippen LogP contribution is -2.33. The fraction of sp³-hybridized carbons (Fsp3) is 0.278. The molecular formula is C18H20N2O2. The summed E-state index contributed by atoms with van der Waals surface area (Å²) in [5.41, 5.74) is 2.83. The minimum atomic E-state index is 0.137. The number of hydrogen-bond donors (Lipinski definition) is 1. The van der Waals surface area contributed by atoms with Crippen molar-refractivity contribution in [2.75, 3.05) is 11.5 Å². The van der Waals surface area contributed by atoms with Crippen LogP contribution in [0.25, 0.3) is 11.1 Å². The summed E-state index contributed by atoms with van der Waals surface area (Å²) in [6.07, 6.45) is 0.672. The Balaban J connectivity index is 1.93. The molecule has 3 aromatic rings. The molecule has 0 bridgehead atoms. The number of anilines is 1. The van der Waals surface area contributed by atoms with Crippen LogP contribution in [0.15, 0.2) is 59.0 Å². The molecule has 0 fully saturated rings. The van der Waals surface area contributed by atoms with Crippen LogP contribution in [-0.4, -0.2) is 22.7 Å². The number of fused-ring (bicyclic) bond motifs is 1. The molecule has 1 aromatic heterocycles. The van der Waals surface area contributed by atoms with Gasteiger partial charge in [0.25, 0.3) is 6.01 Å². The number of benzene rings is 2. The van der Waals surface area contributed by atoms with Crippen molar-refractivity contribution in [3.63, 3.8) is 0 Å². The van der Waals surface area contributed by atoms with E-state index in [4.69, 9.17) is 4.42 Å². The maximum Gasteiger partial charge on any atom is 0.298 e. The van der Waals surface area contributed by atoms with Gasteiger partial charge in [0.1, 0.15) is 5.52 Å². The van der Waals surface area contributed by atoms with Crippen LogP contribution in [0.4, 0.5) is 6.01 Å². The first-order valence-corrected chi connectivity index (χ1v) is 7.55. The first kappa shape index (κ1) is 14.6. The van der Waals surface area contributed by atoms with Crippen LogP contribution in [-0.2, 0) is 6.54 Å². The zero-order valence-electron chi connectivity index (χ0n) is 12.6. The second kappa shape index (κ2) is 6.62. The molecule has 0 saturated carbocycles. The Morgan fingerprint density at radius 3 is 2.55 bits per heavy atom. The quantitative estimate of drug-likeness (QED) is 0.755. The molecule has 4 nitrogen and oxygen atoms in total. The molecule has 3 rings (SSSR count). The monoisotopic (exact) mass is 296 g/mol. The summed E-state index contributed by atoms with van der Waals surface area (Å²) in [5.74, 6) is 0. The summed E-state index contributed by atoms with van der Waals surface area (Å²) in [4.78, 5) is 6.69. The molecule has 0 aliphatic rings. The van der Waals surface area contributed by atoms with E-state index < -0.39 is 0 Å². The smallest absolute Gasteiger partial charge is 0.298 e. The number of para-hydroxylation sites is 2. The lowest BCUT2D eigenvalue weighted by Gasteiger charge is -2.27. The number of aliphatic hydroxyl groups excluding tert-OH is 1. The van der Waals surface area contributed by atoms with Crippen molar-refractivity contribution in [1.29, 1.82) is 0 Å². The van der Waals surface area contributed by atoms with Crippen molar-refractivity contribution < 1.29 is 9.52 Å². The number of rotatable bonds is 6. The first-order chi connectivity index (χ1) is 10.8. The number of oxazole rings is 1. The molecule has 1 unspecified atom stereocenters. The van der Waals surface area contributed by atoms with Crippen molar-refractivity contribution in [3.8, 4) is 0 Å². The summed E-state index contributed by atoms with van der Waals surface area (Å²) < 4.78 is 5.90. The first-order valence-electron chi connectivity index (χ1n) is 7.55. The lowest BCUT2D eigenvalue weighted by molar-refractivity contribution is 0.274. The molecular weight excluding hydrogens is 276 g/mol. The van der Waals surface area contributed by atoms with E-state index in [0.717, 1.165) is 11.1 Å². The number of nitrogens with zero attached hydrogens (tertiary/aromatic N) is 2. The van der Waals surface area contributed by atoms with Gasteiger partial charge in [-0.05, 0) is 31.0 Å². The van der Waals surface area contributed by atoms with Crippen molar-refractivity contribution in [1.82, 2.24) is 4.98 Å². The van der Waals surface area contributed by atoms with Gasteiger partial charge in [-0.15, -0.1) is 0 Å². The average Bonchev–Trinajstić information content (AvgIpc) is 2.97. The molecule has 114 valence electrons. The van der Waals surface area contributed by atoms with Crippen molar-refractivity contribution in [2.24, 2.45) is 0 Å². The fourth-order valence-electron chi connectivity index (χ4n) is 2.52. The van der Waals surface area contributed by atoms with E-state index in [1.807, 2.05) is 42.5 Å². The molecule has 0 amide bonds. The van der Waals surface area contributed by atoms with Crippen LogP contribution < -0.4 is 4.90 Å². The third kappa shape index (κ3) is 3.12. The Hall–Kier alpha value is -2.33. The highest BCUT2D eigenvalue weighted by molar-refractivity contribution is 5.74. The Bertz CT molecular complexity index is 691. The second-order valence-electron chi connectivity index (χ2n) is 5.44. The van der Waals surface area contributed by atoms with E-state index in [9.17, 15) is 5.11 Å². The molecule has 2 aromatic carbocycles. The van der Waals surface area contributed by atoms with E-state index >= 15 is 0 Å². The van der Waals surface area contributed by atoms with Crippen molar-refractivity contribution in [3.05, 3.63) is 60.2 Å². The van der Waals surface area contributed by atoms with Gasteiger partial charge < -0.3 is 14.4 Å². The topological polar surface area (TPSA) is 49.5 Å². The highest BCUT2D eigenvalue weighted by atomic mass is 16.4. The lowest BCUT2D eigenvalue weighted by atomic mass is 10.1. The Labute approximate surface area is 130 Å². The fourth-order valence-corrected chi connectivity index (χ4v) is 2.52. The SMILES string of the molecule is CC(CCO)N(Cc1ccccc1)c1nc2ccccc2o1. The molecule has 0 aliphatic carbocycles. The molecule has 0 spiro atoms. The van der Waals surface area contributed by atoms with Crippen LogP contribution >= 0.6 is 0 Å². The van der Waals surface area contributed by atoms with Gasteiger partial charge in [0, 0.05) is 19.2 Å². The van der Waals surface area contributed by atoms with Gasteiger partial charge in [-0.1, -0.05) is 42.5 Å². The van der Waals surface area contributed by atoms with Gasteiger partial charge in [-0.25, -0.2) is 0 Å². The van der Waals surface area contributed by atoms with Gasteiger partial charge in [-0.3, -0.25) is 0 Å². The minimum absolute atomic E-state index is 0.137. The number of hydrogen-bond acceptors (Lipinski definition) is 4. The van der Waals surface area contributed by atoms with E-state index in [2.05, 4.69) is 28.9 Å². The third-order valence-electron chi connectivity index (χ3n) is 3.80. The third-order valence-corrected chi connectivity index (χ3v) is 3.80. The summed E-state index contributed by atoms with van der Waals surface area (Å²) in [7, 11) is 0. The van der Waals surface area contributed by atoms with E-state index in [0.29, 0.717) is 19.0 Å². The van der Waals surface area contributed by atoms with Crippen LogP contribution in [0.2, 0.25) is 0 Å². The maximum atomic E-state index is 9.26. The second-order valence-corrected chi connectivity index (χ2v) is 5.44. The van der Waals surface area contributed by atoms with E-state index in [1.54, 1.807) is 0 Å². The summed E-state index contributed by atoms with van der Waals surface area (Å²) >= 11 is 0.